The molecule has 2 saturated carbocycles. The standard InChI is InChI=1S/C28H36N4O8/c1-31(2)17-9-13(11-30-27(39)16-5-4-6-32(16)3)22(34)20-15(17)8-12-7-14-10-18(33)21(26(29)38)25(37)28(14,40)24(36)19(12)23(20)35/h9,12,14,16,18,21,33-35,40H,4-8,10-11H2,1-3H3,(H2,29,38)(H,30,39)/t12-,14+,16+,18?,21?,28+/m1/s1. The summed E-state index contributed by atoms with van der Waals surface area (Å²) >= 11 is 0. The van der Waals surface area contributed by atoms with Gasteiger partial charge in [0.15, 0.2) is 11.4 Å². The van der Waals surface area contributed by atoms with E-state index in [0.29, 0.717) is 16.8 Å². The minimum absolute atomic E-state index is 0.00447. The van der Waals surface area contributed by atoms with Gasteiger partial charge >= 0.3 is 0 Å². The lowest BCUT2D eigenvalue weighted by atomic mass is 9.56. The zero-order valence-corrected chi connectivity index (χ0v) is 22.8. The van der Waals surface area contributed by atoms with Gasteiger partial charge in [0.2, 0.25) is 17.6 Å². The number of ketones is 2. The number of aliphatic hydroxyl groups excluding tert-OH is 2. The second kappa shape index (κ2) is 9.86. The van der Waals surface area contributed by atoms with E-state index in [1.54, 1.807) is 25.1 Å². The highest BCUT2D eigenvalue weighted by molar-refractivity contribution is 6.24. The number of likely N-dealkylation sites (N-methyl/N-ethyl adjacent to an activating group) is 1. The molecule has 2 unspecified atom stereocenters. The van der Waals surface area contributed by atoms with Crippen molar-refractivity contribution in [1.82, 2.24) is 10.2 Å². The summed E-state index contributed by atoms with van der Waals surface area (Å²) < 4.78 is 0. The van der Waals surface area contributed by atoms with Gasteiger partial charge in [-0.05, 0) is 63.2 Å². The first-order chi connectivity index (χ1) is 18.8. The van der Waals surface area contributed by atoms with Crippen LogP contribution < -0.4 is 16.0 Å². The van der Waals surface area contributed by atoms with Crippen molar-refractivity contribution in [2.24, 2.45) is 23.5 Å². The van der Waals surface area contributed by atoms with E-state index in [1.165, 1.54) is 0 Å². The van der Waals surface area contributed by atoms with E-state index in [-0.39, 0.29) is 54.6 Å². The van der Waals surface area contributed by atoms with Crippen LogP contribution in [0, 0.1) is 17.8 Å². The number of nitrogens with zero attached hydrogens (tertiary/aromatic N) is 2. The lowest BCUT2D eigenvalue weighted by molar-refractivity contribution is -0.174. The number of anilines is 1. The molecule has 4 aliphatic rings. The van der Waals surface area contributed by atoms with Crippen LogP contribution in [0.25, 0.3) is 5.76 Å². The molecule has 2 amide bonds. The highest BCUT2D eigenvalue weighted by atomic mass is 16.3. The number of nitrogens with two attached hydrogens (primary N) is 1. The van der Waals surface area contributed by atoms with Gasteiger partial charge in [-0.3, -0.25) is 24.1 Å². The fraction of sp³-hybridized carbons (Fsp3) is 0.571. The molecule has 0 aromatic heterocycles. The molecule has 12 heteroatoms. The predicted molar refractivity (Wildman–Crippen MR) is 143 cm³/mol. The average Bonchev–Trinajstić information content (AvgIpc) is 3.31. The molecule has 1 heterocycles. The van der Waals surface area contributed by atoms with Crippen molar-refractivity contribution in [2.75, 3.05) is 32.6 Å². The number of hydrogen-bond donors (Lipinski definition) is 6. The minimum Gasteiger partial charge on any atom is -0.507 e. The number of phenols is 1. The summed E-state index contributed by atoms with van der Waals surface area (Å²) in [5.74, 6) is -7.73. The van der Waals surface area contributed by atoms with Crippen molar-refractivity contribution < 1.29 is 39.6 Å². The van der Waals surface area contributed by atoms with Crippen LogP contribution in [0.15, 0.2) is 11.6 Å². The predicted octanol–water partition coefficient (Wildman–Crippen LogP) is -0.635. The molecule has 7 N–H and O–H groups in total. The third-order valence-corrected chi connectivity index (χ3v) is 9.20. The van der Waals surface area contributed by atoms with Crippen LogP contribution in [0.4, 0.5) is 5.69 Å². The number of Topliss-reactive ketones (excluding diaryl/α,β-unsaturated/α-hetero) is 2. The summed E-state index contributed by atoms with van der Waals surface area (Å²) in [4.78, 5) is 55.4. The number of amides is 2. The Bertz CT molecular complexity index is 1340. The topological polar surface area (TPSA) is 194 Å². The van der Waals surface area contributed by atoms with E-state index in [9.17, 15) is 39.6 Å². The van der Waals surface area contributed by atoms with Crippen LogP contribution in [0.3, 0.4) is 0 Å². The van der Waals surface area contributed by atoms with Crippen molar-refractivity contribution in [3.05, 3.63) is 28.3 Å². The van der Waals surface area contributed by atoms with Crippen LogP contribution in [-0.4, -0.2) is 94.1 Å². The van der Waals surface area contributed by atoms with Gasteiger partial charge in [-0.15, -0.1) is 0 Å². The Balaban J connectivity index is 1.55. The first kappa shape index (κ1) is 28.1. The summed E-state index contributed by atoms with van der Waals surface area (Å²) in [6.45, 7) is 0.796. The Morgan fingerprint density at radius 2 is 1.93 bits per heavy atom. The van der Waals surface area contributed by atoms with E-state index < -0.39 is 52.7 Å². The fourth-order valence-corrected chi connectivity index (χ4v) is 7.10. The summed E-state index contributed by atoms with van der Waals surface area (Å²) in [7, 11) is 5.47. The molecular weight excluding hydrogens is 520 g/mol. The van der Waals surface area contributed by atoms with Crippen molar-refractivity contribution in [3.63, 3.8) is 0 Å². The number of carbonyl (C=O) groups is 4. The van der Waals surface area contributed by atoms with E-state index in [0.717, 1.165) is 19.4 Å². The van der Waals surface area contributed by atoms with E-state index >= 15 is 0 Å². The maximum atomic E-state index is 13.8. The lowest BCUT2D eigenvalue weighted by Crippen LogP contribution is -2.66. The number of nitrogens with one attached hydrogen (secondary N) is 1. The van der Waals surface area contributed by atoms with Gasteiger partial charge in [-0.2, -0.15) is 0 Å². The molecule has 1 aromatic carbocycles. The molecule has 3 aliphatic carbocycles. The summed E-state index contributed by atoms with van der Waals surface area (Å²) in [6.07, 6.45) is 0.344. The molecule has 216 valence electrons. The first-order valence-electron chi connectivity index (χ1n) is 13.5. The van der Waals surface area contributed by atoms with Crippen molar-refractivity contribution in [1.29, 1.82) is 0 Å². The molecule has 0 radical (unpaired) electrons. The Morgan fingerprint density at radius 1 is 1.23 bits per heavy atom. The highest BCUT2D eigenvalue weighted by Gasteiger charge is 2.64. The number of aliphatic hydroxyl groups is 3. The van der Waals surface area contributed by atoms with Crippen molar-refractivity contribution in [3.8, 4) is 5.75 Å². The Kier molecular flexibility index (Phi) is 6.92. The summed E-state index contributed by atoms with van der Waals surface area (Å²) in [5.41, 5.74) is 4.05. The van der Waals surface area contributed by atoms with Crippen LogP contribution in [0.1, 0.15) is 42.4 Å². The number of aromatic hydroxyl groups is 1. The number of benzene rings is 1. The lowest BCUT2D eigenvalue weighted by Gasteiger charge is -2.48. The number of likely N-dealkylation sites (tertiary alicyclic amines) is 1. The summed E-state index contributed by atoms with van der Waals surface area (Å²) in [6, 6.07) is 1.46. The van der Waals surface area contributed by atoms with Gasteiger partial charge < -0.3 is 36.4 Å². The van der Waals surface area contributed by atoms with E-state index in [4.69, 9.17) is 5.73 Å². The number of phenolic OH excluding ortho intramolecular Hbond substituents is 1. The molecule has 1 saturated heterocycles. The molecule has 1 aliphatic heterocycles. The van der Waals surface area contributed by atoms with Crippen molar-refractivity contribution >= 4 is 34.8 Å². The second-order valence-corrected chi connectivity index (χ2v) is 11.7. The monoisotopic (exact) mass is 556 g/mol. The Labute approximate surface area is 231 Å². The molecule has 5 rings (SSSR count). The largest absolute Gasteiger partial charge is 0.507 e. The Hall–Kier alpha value is -3.48. The number of hydrogen-bond acceptors (Lipinski definition) is 10. The Morgan fingerprint density at radius 3 is 2.52 bits per heavy atom. The van der Waals surface area contributed by atoms with Gasteiger partial charge in [-0.25, -0.2) is 0 Å². The van der Waals surface area contributed by atoms with Crippen LogP contribution in [0.2, 0.25) is 0 Å². The van der Waals surface area contributed by atoms with E-state index in [1.807, 2.05) is 11.9 Å². The zero-order chi connectivity index (χ0) is 29.3. The van der Waals surface area contributed by atoms with Crippen LogP contribution in [-0.2, 0) is 32.1 Å². The maximum absolute atomic E-state index is 13.8. The molecule has 6 atom stereocenters. The molecule has 40 heavy (non-hydrogen) atoms. The van der Waals surface area contributed by atoms with Gasteiger partial charge in [-0.1, -0.05) is 0 Å². The number of fused-ring (bicyclic) bond motifs is 3. The fourth-order valence-electron chi connectivity index (χ4n) is 7.10. The zero-order valence-electron chi connectivity index (χ0n) is 22.8. The van der Waals surface area contributed by atoms with Gasteiger partial charge in [0.1, 0.15) is 17.4 Å². The van der Waals surface area contributed by atoms with Crippen molar-refractivity contribution in [2.45, 2.75) is 56.4 Å². The van der Waals surface area contributed by atoms with E-state index in [2.05, 4.69) is 5.32 Å². The molecule has 1 aromatic rings. The second-order valence-electron chi connectivity index (χ2n) is 11.7. The van der Waals surface area contributed by atoms with Crippen LogP contribution in [0.5, 0.6) is 5.75 Å². The molecule has 3 fully saturated rings. The smallest absolute Gasteiger partial charge is 0.237 e. The summed E-state index contributed by atoms with van der Waals surface area (Å²) in [5, 5.41) is 47.5. The SMILES string of the molecule is CN(C)c1cc(CNC(=O)[C@@H]2CCCN2C)c(O)c2c1C[C@H]1C[C@H]3CC(O)C(C(N)=O)C(=O)[C@@]3(O)C(=O)C1=C2O. The quantitative estimate of drug-likeness (QED) is 0.254. The number of carbonyl (C=O) groups excluding carboxylic acids is 4. The molecule has 0 spiro atoms. The van der Waals surface area contributed by atoms with Gasteiger partial charge in [0.05, 0.1) is 17.7 Å². The number of rotatable bonds is 5. The minimum atomic E-state index is -2.63. The highest BCUT2D eigenvalue weighted by Crippen LogP contribution is 2.53. The maximum Gasteiger partial charge on any atom is 0.237 e. The molecule has 12 nitrogen and oxygen atoms in total. The van der Waals surface area contributed by atoms with Gasteiger partial charge in [0, 0.05) is 43.4 Å². The molecule has 0 bridgehead atoms. The third-order valence-electron chi connectivity index (χ3n) is 9.20. The normalized spacial score (nSPS) is 31.9. The first-order valence-corrected chi connectivity index (χ1v) is 13.5. The van der Waals surface area contributed by atoms with Crippen LogP contribution >= 0.6 is 0 Å². The molecular formula is C28H36N4O8. The van der Waals surface area contributed by atoms with Gasteiger partial charge in [0.25, 0.3) is 0 Å². The third kappa shape index (κ3) is 4.08. The average molecular weight is 557 g/mol. The number of primary amides is 1.